The molecule has 0 unspecified atom stereocenters. The molecule has 1 aromatic heterocycles. The molecule has 0 amide bonds. The Labute approximate surface area is 730 Å². The van der Waals surface area contributed by atoms with Crippen molar-refractivity contribution in [1.29, 1.82) is 0 Å². The van der Waals surface area contributed by atoms with Crippen molar-refractivity contribution in [3.8, 4) is 83.6 Å². The molecule has 0 N–H and O–H groups in total. The van der Waals surface area contributed by atoms with Gasteiger partial charge in [0.1, 0.15) is 0 Å². The lowest BCUT2D eigenvalue weighted by atomic mass is 9.33. The van der Waals surface area contributed by atoms with Crippen molar-refractivity contribution < 1.29 is 13.7 Å². The smallest absolute Gasteiger partial charge is 0.252 e. The van der Waals surface area contributed by atoms with Crippen LogP contribution in [0.1, 0.15) is 168 Å². The molecular weight excluding hydrogens is 1460 g/mol. The third kappa shape index (κ3) is 12.8. The summed E-state index contributed by atoms with van der Waals surface area (Å²) in [5.41, 5.74) is 27.3. The van der Waals surface area contributed by atoms with Crippen LogP contribution in [0.4, 0.5) is 34.1 Å². The molecule has 3 heterocycles. The second-order valence-corrected chi connectivity index (χ2v) is 38.5. The van der Waals surface area contributed by atoms with Crippen molar-refractivity contribution in [2.75, 3.05) is 9.80 Å². The molecule has 2 aliphatic heterocycles. The van der Waals surface area contributed by atoms with Gasteiger partial charge in [0.05, 0.1) is 41.5 Å². The molecule has 3 aliphatic rings. The quantitative estimate of drug-likeness (QED) is 0.120. The van der Waals surface area contributed by atoms with Crippen molar-refractivity contribution >= 4 is 79.0 Å². The molecule has 16 aromatic carbocycles. The lowest BCUT2D eigenvalue weighted by molar-refractivity contribution is 0.569. The zero-order valence-corrected chi connectivity index (χ0v) is 71.7. The van der Waals surface area contributed by atoms with E-state index in [1.54, 1.807) is 0 Å². The van der Waals surface area contributed by atoms with E-state index in [-0.39, 0.29) is 38.2 Å². The minimum Gasteiger partial charge on any atom is -0.311 e. The van der Waals surface area contributed by atoms with Crippen molar-refractivity contribution in [3.63, 3.8) is 0 Å². The maximum Gasteiger partial charge on any atom is 0.252 e. The molecule has 0 atom stereocenters. The molecule has 3 nitrogen and oxygen atoms in total. The van der Waals surface area contributed by atoms with E-state index in [1.165, 1.54) is 27.8 Å². The van der Waals surface area contributed by atoms with Gasteiger partial charge < -0.3 is 14.4 Å². The predicted molar refractivity (Wildman–Crippen MR) is 518 cm³/mol. The zero-order valence-electron chi connectivity index (χ0n) is 81.7. The molecule has 0 fully saturated rings. The Balaban J connectivity index is 0.996. The predicted octanol–water partition coefficient (Wildman–Crippen LogP) is 29.7. The maximum atomic E-state index is 10.3. The first-order valence-electron chi connectivity index (χ1n) is 47.6. The summed E-state index contributed by atoms with van der Waals surface area (Å²) in [6.07, 6.45) is 0. The number of fused-ring (bicyclic) bond motifs is 10. The summed E-state index contributed by atoms with van der Waals surface area (Å²) in [4.78, 5) is 5.14. The van der Waals surface area contributed by atoms with Crippen LogP contribution in [0, 0.1) is 0 Å². The highest BCUT2D eigenvalue weighted by atomic mass is 15.2. The third-order valence-corrected chi connectivity index (χ3v) is 25.7. The van der Waals surface area contributed by atoms with Crippen LogP contribution in [-0.2, 0) is 32.5 Å². The molecule has 590 valence electrons. The molecular formula is C117H104BN3. The van der Waals surface area contributed by atoms with Crippen LogP contribution >= 0.6 is 0 Å². The molecule has 121 heavy (non-hydrogen) atoms. The Hall–Kier alpha value is -13.0. The average molecular weight is 1570 g/mol. The number of benzene rings is 16. The lowest BCUT2D eigenvalue weighted by Crippen LogP contribution is -2.61. The normalized spacial score (nSPS) is 14.8. The summed E-state index contributed by atoms with van der Waals surface area (Å²) in [6.45, 7) is 33.8. The van der Waals surface area contributed by atoms with Crippen LogP contribution in [0.5, 0.6) is 0 Å². The molecule has 0 radical (unpaired) electrons. The van der Waals surface area contributed by atoms with Gasteiger partial charge in [-0.25, -0.2) is 0 Å². The van der Waals surface area contributed by atoms with Gasteiger partial charge in [-0.05, 0) is 234 Å². The number of hydrogen-bond acceptors (Lipinski definition) is 2. The van der Waals surface area contributed by atoms with E-state index >= 15 is 0 Å². The second-order valence-electron chi connectivity index (χ2n) is 38.5. The van der Waals surface area contributed by atoms with Crippen LogP contribution in [0.15, 0.2) is 358 Å². The van der Waals surface area contributed by atoms with Gasteiger partial charge in [-0.15, -0.1) is 0 Å². The van der Waals surface area contributed by atoms with E-state index in [1.807, 2.05) is 42.5 Å². The van der Waals surface area contributed by atoms with E-state index in [2.05, 4.69) is 373 Å². The number of rotatable bonds is 11. The fourth-order valence-electron chi connectivity index (χ4n) is 19.4. The van der Waals surface area contributed by atoms with Crippen LogP contribution in [0.25, 0.3) is 105 Å². The Morgan fingerprint density at radius 1 is 0.273 bits per heavy atom. The minimum absolute atomic E-state index is 0.157. The topological polar surface area (TPSA) is 11.4 Å². The van der Waals surface area contributed by atoms with Gasteiger partial charge in [-0.2, -0.15) is 0 Å². The summed E-state index contributed by atoms with van der Waals surface area (Å²) in [5, 5.41) is 2.33. The molecule has 0 saturated carbocycles. The monoisotopic (exact) mass is 1570 g/mol. The van der Waals surface area contributed by atoms with Crippen molar-refractivity contribution in [2.24, 2.45) is 0 Å². The number of hydrogen-bond donors (Lipinski definition) is 0. The van der Waals surface area contributed by atoms with Gasteiger partial charge in [0.2, 0.25) is 0 Å². The Bertz CT molecular complexity index is 7320. The first-order valence-corrected chi connectivity index (χ1v) is 42.6. The average Bonchev–Trinajstić information content (AvgIpc) is 1.63. The molecule has 1 aliphatic carbocycles. The summed E-state index contributed by atoms with van der Waals surface area (Å²) < 4.78 is 100. The summed E-state index contributed by atoms with van der Waals surface area (Å²) >= 11 is 0. The Kier molecular flexibility index (Phi) is 15.6. The van der Waals surface area contributed by atoms with E-state index in [9.17, 15) is 11.0 Å². The number of nitrogens with zero attached hydrogens (tertiary/aromatic N) is 3. The van der Waals surface area contributed by atoms with Gasteiger partial charge >= 0.3 is 0 Å². The third-order valence-electron chi connectivity index (χ3n) is 25.7. The summed E-state index contributed by atoms with van der Waals surface area (Å²) in [5.74, 6) is 0. The van der Waals surface area contributed by atoms with Crippen LogP contribution in [0.2, 0.25) is 0 Å². The largest absolute Gasteiger partial charge is 0.311 e. The van der Waals surface area contributed by atoms with Crippen molar-refractivity contribution in [2.45, 2.75) is 136 Å². The fraction of sp³-hybridized carbons (Fsp3) is 0.179. The van der Waals surface area contributed by atoms with Gasteiger partial charge in [-0.3, -0.25) is 0 Å². The first kappa shape index (κ1) is 65.9. The van der Waals surface area contributed by atoms with Crippen LogP contribution in [-0.4, -0.2) is 11.3 Å². The zero-order chi connectivity index (χ0) is 92.1. The molecule has 0 saturated heterocycles. The Morgan fingerprint density at radius 3 is 1.26 bits per heavy atom. The molecule has 4 heteroatoms. The van der Waals surface area contributed by atoms with Crippen LogP contribution in [0.3, 0.4) is 0 Å². The molecule has 0 bridgehead atoms. The van der Waals surface area contributed by atoms with Crippen molar-refractivity contribution in [1.82, 2.24) is 4.57 Å². The molecule has 20 rings (SSSR count). The number of anilines is 6. The molecule has 0 spiro atoms. The van der Waals surface area contributed by atoms with Gasteiger partial charge in [0.15, 0.2) is 0 Å². The van der Waals surface area contributed by atoms with E-state index in [4.69, 9.17) is 2.74 Å². The Morgan fingerprint density at radius 2 is 0.719 bits per heavy atom. The minimum atomic E-state index is -2.17. The summed E-state index contributed by atoms with van der Waals surface area (Å²) in [7, 11) is 0. The van der Waals surface area contributed by atoms with Gasteiger partial charge in [-0.1, -0.05) is 383 Å². The highest BCUT2D eigenvalue weighted by Crippen LogP contribution is 2.60. The second kappa shape index (κ2) is 28.6. The summed E-state index contributed by atoms with van der Waals surface area (Å²) in [6, 6.07) is 102. The standard InChI is InChI=1S/C117H104BN3/c1-112(2,3)85-54-60-102(94(71-85)76-39-24-17-25-40-76)120-106-74-90(119-103-61-55-86(113(4,5)6)72-97(103)98-73-87(114(7,8)9)56-62-104(98)119)57-58-100(106)118-101-67-79(91-50-36-51-93-92-49-34-35-52-99(92)117(109(91)93,83-45-30-20-31-46-83)84-47-32-21-33-48-84)53-59-105(101)121(108-69-82(68-107(120)110(108)118)80-63-88(115(10,11)12)70-89(64-80)116(13,14)15)111-95(77-41-26-18-27-42-77)65-81(75-37-22-16-23-38-75)66-96(111)78-43-28-19-29-44-78/h16-74H,1-15H3/i20D,21D,30D,31D,32D,33D,45D,46D,47D,48D. The maximum absolute atomic E-state index is 10.3. The molecule has 17 aromatic rings. The van der Waals surface area contributed by atoms with Gasteiger partial charge in [0, 0.05) is 55.9 Å². The van der Waals surface area contributed by atoms with E-state index < -0.39 is 72.6 Å². The lowest BCUT2D eigenvalue weighted by Gasteiger charge is -2.46. The SMILES string of the molecule is [2H]c1c([2H])c([2H])c(C2(c3c([2H])c([2H])c([2H])c([2H])c3[2H])c3ccccc3-c3cccc(-c4ccc5c(c4)B4c6ccc(-n7c8ccc(C(C)(C)C)cc8c8cc(C(C)(C)C)ccc87)cc6N(c6ccc(C(C)(C)C)cc6-c6ccccc6)c6cc(-c7cc(C(C)(C)C)cc(C(C)(C)C)c7)cc(c64)N5c4c(-c5ccccc5)cc(-c5ccccc5)cc4-c4ccccc4)c32)c([2H])c1[2H]. The fourth-order valence-corrected chi connectivity index (χ4v) is 19.4. The number of aromatic nitrogens is 1. The highest BCUT2D eigenvalue weighted by Gasteiger charge is 2.50. The van der Waals surface area contributed by atoms with Crippen LogP contribution < -0.4 is 26.2 Å². The van der Waals surface area contributed by atoms with Crippen molar-refractivity contribution in [3.05, 3.63) is 408 Å². The van der Waals surface area contributed by atoms with E-state index in [0.29, 0.717) is 33.4 Å². The first-order chi connectivity index (χ1) is 62.3. The van der Waals surface area contributed by atoms with Gasteiger partial charge in [0.25, 0.3) is 6.71 Å². The van der Waals surface area contributed by atoms with E-state index in [0.717, 1.165) is 134 Å². The highest BCUT2D eigenvalue weighted by molar-refractivity contribution is 7.00.